The summed E-state index contributed by atoms with van der Waals surface area (Å²) < 4.78 is 5.65. The molecule has 0 atom stereocenters. The van der Waals surface area contributed by atoms with Crippen molar-refractivity contribution in [3.8, 4) is 5.75 Å². The van der Waals surface area contributed by atoms with Crippen LogP contribution in [0.4, 0.5) is 17.1 Å². The first kappa shape index (κ1) is 14.8. The van der Waals surface area contributed by atoms with E-state index in [1.807, 2.05) is 32.0 Å². The molecule has 0 bridgehead atoms. The van der Waals surface area contributed by atoms with E-state index in [1.54, 1.807) is 18.2 Å². The monoisotopic (exact) mass is 310 g/mol. The van der Waals surface area contributed by atoms with Crippen molar-refractivity contribution < 1.29 is 4.74 Å². The molecule has 2 aromatic rings. The Morgan fingerprint density at radius 1 is 1.10 bits per heavy atom. The van der Waals surface area contributed by atoms with Crippen molar-refractivity contribution in [1.29, 1.82) is 0 Å². The second-order valence-corrected chi connectivity index (χ2v) is 5.48. The van der Waals surface area contributed by atoms with E-state index in [4.69, 9.17) is 33.7 Å². The van der Waals surface area contributed by atoms with E-state index in [0.717, 1.165) is 5.69 Å². The van der Waals surface area contributed by atoms with Gasteiger partial charge >= 0.3 is 0 Å². The molecular formula is C15H16Cl2N2O. The molecule has 0 fully saturated rings. The number of ether oxygens (including phenoxy) is 1. The zero-order valence-electron chi connectivity index (χ0n) is 11.3. The molecule has 0 aliphatic heterocycles. The minimum Gasteiger partial charge on any atom is -0.489 e. The van der Waals surface area contributed by atoms with Crippen LogP contribution in [-0.2, 0) is 0 Å². The van der Waals surface area contributed by atoms with Gasteiger partial charge in [-0.2, -0.15) is 0 Å². The number of hydrogen-bond acceptors (Lipinski definition) is 3. The predicted molar refractivity (Wildman–Crippen MR) is 86.4 cm³/mol. The number of halogens is 2. The highest BCUT2D eigenvalue weighted by Gasteiger charge is 2.09. The third-order valence-corrected chi connectivity index (χ3v) is 3.19. The lowest BCUT2D eigenvalue weighted by Crippen LogP contribution is -2.08. The fourth-order valence-corrected chi connectivity index (χ4v) is 2.08. The van der Waals surface area contributed by atoms with Crippen LogP contribution < -0.4 is 15.8 Å². The highest BCUT2D eigenvalue weighted by molar-refractivity contribution is 6.35. The highest BCUT2D eigenvalue weighted by Crippen LogP contribution is 2.35. The number of nitrogens with one attached hydrogen (secondary N) is 1. The Balaban J connectivity index is 2.32. The van der Waals surface area contributed by atoms with Gasteiger partial charge in [-0.15, -0.1) is 0 Å². The average molecular weight is 311 g/mol. The standard InChI is InChI=1S/C15H16Cl2N2O/c1-9(2)20-14-5-3-4-12(15(14)18)19-13-8-10(16)6-7-11(13)17/h3-9,19H,18H2,1-2H3. The van der Waals surface area contributed by atoms with Gasteiger partial charge in [0.25, 0.3) is 0 Å². The molecule has 5 heteroatoms. The summed E-state index contributed by atoms with van der Waals surface area (Å²) in [5, 5.41) is 4.35. The first-order chi connectivity index (χ1) is 9.47. The lowest BCUT2D eigenvalue weighted by Gasteiger charge is -2.16. The first-order valence-electron chi connectivity index (χ1n) is 6.24. The SMILES string of the molecule is CC(C)Oc1cccc(Nc2cc(Cl)ccc2Cl)c1N. The van der Waals surface area contributed by atoms with Gasteiger partial charge in [0, 0.05) is 5.02 Å². The smallest absolute Gasteiger partial charge is 0.144 e. The van der Waals surface area contributed by atoms with E-state index in [-0.39, 0.29) is 6.10 Å². The van der Waals surface area contributed by atoms with Crippen LogP contribution in [0.3, 0.4) is 0 Å². The molecule has 0 aliphatic rings. The van der Waals surface area contributed by atoms with Crippen molar-refractivity contribution in [2.45, 2.75) is 20.0 Å². The molecule has 0 aliphatic carbocycles. The Labute approximate surface area is 128 Å². The molecule has 0 amide bonds. The summed E-state index contributed by atoms with van der Waals surface area (Å²) in [7, 11) is 0. The van der Waals surface area contributed by atoms with Gasteiger partial charge < -0.3 is 15.8 Å². The molecule has 20 heavy (non-hydrogen) atoms. The number of anilines is 3. The van der Waals surface area contributed by atoms with Crippen molar-refractivity contribution in [2.24, 2.45) is 0 Å². The van der Waals surface area contributed by atoms with Crippen molar-refractivity contribution in [2.75, 3.05) is 11.1 Å². The summed E-state index contributed by atoms with van der Waals surface area (Å²) in [6.07, 6.45) is 0.0577. The first-order valence-corrected chi connectivity index (χ1v) is 7.00. The highest BCUT2D eigenvalue weighted by atomic mass is 35.5. The molecule has 0 aromatic heterocycles. The molecule has 3 N–H and O–H groups in total. The number of nitrogens with two attached hydrogens (primary N) is 1. The van der Waals surface area contributed by atoms with Crippen LogP contribution in [0.2, 0.25) is 10.0 Å². The Hall–Kier alpha value is -1.58. The average Bonchev–Trinajstić information content (AvgIpc) is 2.38. The Kier molecular flexibility index (Phi) is 4.63. The van der Waals surface area contributed by atoms with Gasteiger partial charge in [-0.25, -0.2) is 0 Å². The topological polar surface area (TPSA) is 47.3 Å². The zero-order valence-corrected chi connectivity index (χ0v) is 12.8. The van der Waals surface area contributed by atoms with E-state index in [9.17, 15) is 0 Å². The van der Waals surface area contributed by atoms with Crippen molar-refractivity contribution >= 4 is 40.3 Å². The summed E-state index contributed by atoms with van der Waals surface area (Å²) >= 11 is 12.1. The minimum atomic E-state index is 0.0577. The second-order valence-electron chi connectivity index (χ2n) is 4.63. The van der Waals surface area contributed by atoms with E-state index in [2.05, 4.69) is 5.32 Å². The molecule has 3 nitrogen and oxygen atoms in total. The van der Waals surface area contributed by atoms with Crippen LogP contribution in [0.25, 0.3) is 0 Å². The van der Waals surface area contributed by atoms with Gasteiger partial charge in [-0.3, -0.25) is 0 Å². The van der Waals surface area contributed by atoms with E-state index < -0.39 is 0 Å². The van der Waals surface area contributed by atoms with Crippen LogP contribution in [-0.4, -0.2) is 6.10 Å². The predicted octanol–water partition coefficient (Wildman–Crippen LogP) is 5.11. The molecule has 2 rings (SSSR count). The van der Waals surface area contributed by atoms with Gasteiger partial charge in [0.1, 0.15) is 5.75 Å². The summed E-state index contributed by atoms with van der Waals surface area (Å²) in [5.41, 5.74) is 8.07. The van der Waals surface area contributed by atoms with E-state index in [1.165, 1.54) is 0 Å². The molecule has 2 aromatic carbocycles. The van der Waals surface area contributed by atoms with Crippen LogP contribution in [0.1, 0.15) is 13.8 Å². The fraction of sp³-hybridized carbons (Fsp3) is 0.200. The maximum Gasteiger partial charge on any atom is 0.144 e. The number of hydrogen-bond donors (Lipinski definition) is 2. The fourth-order valence-electron chi connectivity index (χ4n) is 1.75. The number of rotatable bonds is 4. The molecule has 106 valence electrons. The van der Waals surface area contributed by atoms with Crippen molar-refractivity contribution in [3.63, 3.8) is 0 Å². The lowest BCUT2D eigenvalue weighted by atomic mass is 10.2. The van der Waals surface area contributed by atoms with Gasteiger partial charge in [0.15, 0.2) is 0 Å². The third kappa shape index (κ3) is 3.50. The Morgan fingerprint density at radius 2 is 1.85 bits per heavy atom. The second kappa shape index (κ2) is 6.25. The zero-order chi connectivity index (χ0) is 14.7. The molecule has 0 saturated carbocycles. The largest absolute Gasteiger partial charge is 0.489 e. The van der Waals surface area contributed by atoms with E-state index >= 15 is 0 Å². The molecule has 0 spiro atoms. The minimum absolute atomic E-state index is 0.0577. The quantitative estimate of drug-likeness (QED) is 0.772. The summed E-state index contributed by atoms with van der Waals surface area (Å²) in [6.45, 7) is 3.90. The lowest BCUT2D eigenvalue weighted by molar-refractivity contribution is 0.244. The van der Waals surface area contributed by atoms with E-state index in [0.29, 0.717) is 27.2 Å². The van der Waals surface area contributed by atoms with Gasteiger partial charge in [0.2, 0.25) is 0 Å². The van der Waals surface area contributed by atoms with Crippen molar-refractivity contribution in [1.82, 2.24) is 0 Å². The maximum absolute atomic E-state index is 6.13. The Bertz CT molecular complexity index is 615. The summed E-state index contributed by atoms with van der Waals surface area (Å²) in [6, 6.07) is 10.8. The third-order valence-electron chi connectivity index (χ3n) is 2.63. The Morgan fingerprint density at radius 3 is 2.55 bits per heavy atom. The molecule has 0 heterocycles. The molecule has 0 unspecified atom stereocenters. The number of para-hydroxylation sites is 1. The summed E-state index contributed by atoms with van der Waals surface area (Å²) in [4.78, 5) is 0. The number of nitrogen functional groups attached to an aromatic ring is 1. The van der Waals surface area contributed by atoms with Crippen molar-refractivity contribution in [3.05, 3.63) is 46.4 Å². The molecule has 0 radical (unpaired) electrons. The van der Waals surface area contributed by atoms with Crippen LogP contribution in [0.5, 0.6) is 5.75 Å². The normalized spacial score (nSPS) is 10.7. The van der Waals surface area contributed by atoms with Gasteiger partial charge in [-0.1, -0.05) is 29.3 Å². The van der Waals surface area contributed by atoms with Gasteiger partial charge in [-0.05, 0) is 44.2 Å². The van der Waals surface area contributed by atoms with Crippen LogP contribution >= 0.6 is 23.2 Å². The molecule has 0 saturated heterocycles. The van der Waals surface area contributed by atoms with Crippen LogP contribution in [0.15, 0.2) is 36.4 Å². The van der Waals surface area contributed by atoms with Crippen LogP contribution in [0, 0.1) is 0 Å². The summed E-state index contributed by atoms with van der Waals surface area (Å²) in [5.74, 6) is 0.642. The number of benzene rings is 2. The van der Waals surface area contributed by atoms with Gasteiger partial charge in [0.05, 0.1) is 28.2 Å². The molecular weight excluding hydrogens is 295 g/mol. The maximum atomic E-state index is 6.13.